The third kappa shape index (κ3) is 2.30. The first-order valence-corrected chi connectivity index (χ1v) is 7.72. The summed E-state index contributed by atoms with van der Waals surface area (Å²) in [6.07, 6.45) is 1.00. The van der Waals surface area contributed by atoms with Gasteiger partial charge in [0.2, 0.25) is 5.65 Å². The van der Waals surface area contributed by atoms with Crippen LogP contribution in [0.25, 0.3) is 16.7 Å². The van der Waals surface area contributed by atoms with Gasteiger partial charge in [-0.15, -0.1) is 10.2 Å². The smallest absolute Gasteiger partial charge is 0.204 e. The Morgan fingerprint density at radius 1 is 1.04 bits per heavy atom. The summed E-state index contributed by atoms with van der Waals surface area (Å²) in [5.41, 5.74) is 4.96. The van der Waals surface area contributed by atoms with Crippen LogP contribution in [0.2, 0.25) is 0 Å². The molecule has 0 saturated carbocycles. The van der Waals surface area contributed by atoms with Crippen molar-refractivity contribution in [3.05, 3.63) is 59.9 Å². The molecule has 2 heterocycles. The molecule has 4 rings (SSSR count). The summed E-state index contributed by atoms with van der Waals surface area (Å²) in [5.74, 6) is 1.57. The Balaban J connectivity index is 1.91. The van der Waals surface area contributed by atoms with Crippen LogP contribution < -0.4 is 5.32 Å². The van der Waals surface area contributed by atoms with Crippen LogP contribution in [0, 0.1) is 6.92 Å². The average molecular weight is 303 g/mol. The molecule has 0 radical (unpaired) electrons. The number of aromatic nitrogens is 4. The highest BCUT2D eigenvalue weighted by Gasteiger charge is 2.12. The average Bonchev–Trinajstić information content (AvgIpc) is 2.98. The monoisotopic (exact) mass is 303 g/mol. The molecule has 0 fully saturated rings. The first-order chi connectivity index (χ1) is 11.3. The maximum atomic E-state index is 4.73. The van der Waals surface area contributed by atoms with Crippen molar-refractivity contribution in [3.8, 4) is 0 Å². The van der Waals surface area contributed by atoms with Gasteiger partial charge in [0.25, 0.3) is 0 Å². The van der Waals surface area contributed by atoms with Gasteiger partial charge < -0.3 is 5.32 Å². The van der Waals surface area contributed by atoms with E-state index in [1.807, 2.05) is 41.7 Å². The number of rotatable bonds is 3. The van der Waals surface area contributed by atoms with Crippen LogP contribution in [0.5, 0.6) is 0 Å². The summed E-state index contributed by atoms with van der Waals surface area (Å²) < 4.78 is 2.04. The number of nitrogens with one attached hydrogen (secondary N) is 1. The summed E-state index contributed by atoms with van der Waals surface area (Å²) in [4.78, 5) is 4.73. The fourth-order valence-electron chi connectivity index (χ4n) is 2.81. The van der Waals surface area contributed by atoms with Crippen molar-refractivity contribution in [2.45, 2.75) is 20.3 Å². The fraction of sp³-hybridized carbons (Fsp3) is 0.167. The Morgan fingerprint density at radius 2 is 1.91 bits per heavy atom. The predicted octanol–water partition coefficient (Wildman–Crippen LogP) is 3.89. The maximum absolute atomic E-state index is 4.73. The third-order valence-electron chi connectivity index (χ3n) is 3.99. The molecule has 0 aliphatic rings. The quantitative estimate of drug-likeness (QED) is 0.624. The van der Waals surface area contributed by atoms with E-state index in [1.54, 1.807) is 0 Å². The molecule has 5 heteroatoms. The SMILES string of the molecule is CCc1cccc(Nc2nc3ccccc3n3c(C)nnc23)c1. The number of anilines is 2. The molecule has 2 aromatic heterocycles. The Kier molecular flexibility index (Phi) is 3.19. The lowest BCUT2D eigenvalue weighted by Crippen LogP contribution is -2.01. The van der Waals surface area contributed by atoms with E-state index < -0.39 is 0 Å². The molecule has 2 aromatic carbocycles. The largest absolute Gasteiger partial charge is 0.337 e. The van der Waals surface area contributed by atoms with Gasteiger partial charge in [0, 0.05) is 5.69 Å². The molecule has 0 aliphatic heterocycles. The van der Waals surface area contributed by atoms with E-state index in [1.165, 1.54) is 5.56 Å². The van der Waals surface area contributed by atoms with Gasteiger partial charge in [-0.25, -0.2) is 4.98 Å². The highest BCUT2D eigenvalue weighted by Crippen LogP contribution is 2.24. The zero-order chi connectivity index (χ0) is 15.8. The van der Waals surface area contributed by atoms with Crippen molar-refractivity contribution >= 4 is 28.2 Å². The lowest BCUT2D eigenvalue weighted by atomic mass is 10.1. The second-order valence-electron chi connectivity index (χ2n) is 5.53. The Hall–Kier alpha value is -2.95. The zero-order valence-corrected chi connectivity index (χ0v) is 13.1. The Bertz CT molecular complexity index is 1000. The minimum Gasteiger partial charge on any atom is -0.337 e. The summed E-state index contributed by atoms with van der Waals surface area (Å²) in [6.45, 7) is 4.10. The molecule has 0 saturated heterocycles. The van der Waals surface area contributed by atoms with Crippen molar-refractivity contribution in [3.63, 3.8) is 0 Å². The summed E-state index contributed by atoms with van der Waals surface area (Å²) in [7, 11) is 0. The van der Waals surface area contributed by atoms with Gasteiger partial charge in [0.1, 0.15) is 5.82 Å². The first-order valence-electron chi connectivity index (χ1n) is 7.72. The molecule has 23 heavy (non-hydrogen) atoms. The number of aryl methyl sites for hydroxylation is 2. The minimum atomic E-state index is 0.720. The molecule has 0 unspecified atom stereocenters. The number of fused-ring (bicyclic) bond motifs is 3. The van der Waals surface area contributed by atoms with Crippen molar-refractivity contribution < 1.29 is 0 Å². The zero-order valence-electron chi connectivity index (χ0n) is 13.1. The predicted molar refractivity (Wildman–Crippen MR) is 92.1 cm³/mol. The van der Waals surface area contributed by atoms with Crippen LogP contribution in [0.15, 0.2) is 48.5 Å². The third-order valence-corrected chi connectivity index (χ3v) is 3.99. The van der Waals surface area contributed by atoms with Gasteiger partial charge >= 0.3 is 0 Å². The number of benzene rings is 2. The van der Waals surface area contributed by atoms with E-state index >= 15 is 0 Å². The molecule has 0 aliphatic carbocycles. The van der Waals surface area contributed by atoms with Crippen LogP contribution in [0.4, 0.5) is 11.5 Å². The van der Waals surface area contributed by atoms with Gasteiger partial charge in [0.05, 0.1) is 11.0 Å². The summed E-state index contributed by atoms with van der Waals surface area (Å²) in [5, 5.41) is 11.9. The standard InChI is InChI=1S/C18H17N5/c1-3-13-7-6-8-14(11-13)19-17-18-22-21-12(2)23(18)16-10-5-4-9-15(16)20-17/h4-11H,3H2,1-2H3,(H,19,20). The first kappa shape index (κ1) is 13.7. The molecule has 4 aromatic rings. The lowest BCUT2D eigenvalue weighted by molar-refractivity contribution is 1.02. The molecular weight excluding hydrogens is 286 g/mol. The van der Waals surface area contributed by atoms with Crippen LogP contribution in [-0.2, 0) is 6.42 Å². The van der Waals surface area contributed by atoms with Crippen LogP contribution in [-0.4, -0.2) is 19.6 Å². The molecule has 5 nitrogen and oxygen atoms in total. The molecular formula is C18H17N5. The van der Waals surface area contributed by atoms with Crippen molar-refractivity contribution in [2.75, 3.05) is 5.32 Å². The van der Waals surface area contributed by atoms with Gasteiger partial charge in [-0.05, 0) is 43.2 Å². The van der Waals surface area contributed by atoms with Crippen LogP contribution >= 0.6 is 0 Å². The van der Waals surface area contributed by atoms with Gasteiger partial charge in [-0.1, -0.05) is 31.2 Å². The van der Waals surface area contributed by atoms with Gasteiger partial charge in [-0.2, -0.15) is 0 Å². The van der Waals surface area contributed by atoms with Crippen molar-refractivity contribution in [1.82, 2.24) is 19.6 Å². The Labute approximate surface area is 134 Å². The van der Waals surface area contributed by atoms with Gasteiger partial charge in [-0.3, -0.25) is 4.40 Å². The van der Waals surface area contributed by atoms with Crippen LogP contribution in [0.1, 0.15) is 18.3 Å². The number of hydrogen-bond donors (Lipinski definition) is 1. The van der Waals surface area contributed by atoms with E-state index in [4.69, 9.17) is 4.98 Å². The van der Waals surface area contributed by atoms with E-state index in [2.05, 4.69) is 40.6 Å². The second kappa shape index (κ2) is 5.35. The molecule has 114 valence electrons. The van der Waals surface area contributed by atoms with E-state index in [0.717, 1.165) is 40.4 Å². The number of para-hydroxylation sites is 2. The minimum absolute atomic E-state index is 0.720. The maximum Gasteiger partial charge on any atom is 0.204 e. The number of hydrogen-bond acceptors (Lipinski definition) is 4. The molecule has 1 N–H and O–H groups in total. The van der Waals surface area contributed by atoms with E-state index in [9.17, 15) is 0 Å². The lowest BCUT2D eigenvalue weighted by Gasteiger charge is -2.10. The summed E-state index contributed by atoms with van der Waals surface area (Å²) in [6, 6.07) is 16.4. The van der Waals surface area contributed by atoms with E-state index in [0.29, 0.717) is 0 Å². The normalized spacial score (nSPS) is 11.2. The highest BCUT2D eigenvalue weighted by molar-refractivity contribution is 5.84. The van der Waals surface area contributed by atoms with Gasteiger partial charge in [0.15, 0.2) is 5.82 Å². The van der Waals surface area contributed by atoms with Crippen molar-refractivity contribution in [2.24, 2.45) is 0 Å². The molecule has 0 atom stereocenters. The molecule has 0 spiro atoms. The fourth-order valence-corrected chi connectivity index (χ4v) is 2.81. The van der Waals surface area contributed by atoms with Crippen LogP contribution in [0.3, 0.4) is 0 Å². The molecule has 0 amide bonds. The number of nitrogens with zero attached hydrogens (tertiary/aromatic N) is 4. The summed E-state index contributed by atoms with van der Waals surface area (Å²) >= 11 is 0. The van der Waals surface area contributed by atoms with E-state index in [-0.39, 0.29) is 0 Å². The highest BCUT2D eigenvalue weighted by atomic mass is 15.3. The Morgan fingerprint density at radius 3 is 2.78 bits per heavy atom. The van der Waals surface area contributed by atoms with Crippen molar-refractivity contribution in [1.29, 1.82) is 0 Å². The topological polar surface area (TPSA) is 55.1 Å². The molecule has 0 bridgehead atoms. The second-order valence-corrected chi connectivity index (χ2v) is 5.53.